The third-order valence-electron chi connectivity index (χ3n) is 4.46. The molecule has 1 heterocycles. The molecule has 0 saturated heterocycles. The lowest BCUT2D eigenvalue weighted by Crippen LogP contribution is -2.25. The maximum absolute atomic E-state index is 12.1. The number of nitrogens with one attached hydrogen (secondary N) is 1. The molecular formula is C16H17N3OS. The summed E-state index contributed by atoms with van der Waals surface area (Å²) in [5, 5.41) is 7.66. The standard InChI is InChI=1S/C16H17N3OS/c20-15-17-18-16(21-10-11-4-2-1-3-5-11)19(15)14-9-12-6-7-13(14)8-12/h1-7,12-14H,8-10H2,(H,17,20)/t12-,13-,14+/m0/s1. The maximum Gasteiger partial charge on any atom is 0.344 e. The molecule has 2 bridgehead atoms. The monoisotopic (exact) mass is 299 g/mol. The largest absolute Gasteiger partial charge is 0.344 e. The summed E-state index contributed by atoms with van der Waals surface area (Å²) < 4.78 is 1.88. The van der Waals surface area contributed by atoms with Gasteiger partial charge in [0.1, 0.15) is 0 Å². The van der Waals surface area contributed by atoms with Crippen molar-refractivity contribution in [1.82, 2.24) is 14.8 Å². The van der Waals surface area contributed by atoms with Crippen LogP contribution in [0.15, 0.2) is 52.4 Å². The van der Waals surface area contributed by atoms with E-state index in [1.807, 2.05) is 22.8 Å². The Hall–Kier alpha value is -1.75. The van der Waals surface area contributed by atoms with Gasteiger partial charge < -0.3 is 0 Å². The lowest BCUT2D eigenvalue weighted by Gasteiger charge is -2.20. The number of aromatic nitrogens is 3. The number of fused-ring (bicyclic) bond motifs is 2. The molecule has 4 nitrogen and oxygen atoms in total. The lowest BCUT2D eigenvalue weighted by atomic mass is 10.0. The Morgan fingerprint density at radius 3 is 2.81 bits per heavy atom. The zero-order valence-corrected chi connectivity index (χ0v) is 12.4. The van der Waals surface area contributed by atoms with Crippen molar-refractivity contribution in [1.29, 1.82) is 0 Å². The molecule has 2 aromatic rings. The summed E-state index contributed by atoms with van der Waals surface area (Å²) in [6.45, 7) is 0. The van der Waals surface area contributed by atoms with Crippen LogP contribution in [0.1, 0.15) is 24.4 Å². The van der Waals surface area contributed by atoms with E-state index in [0.717, 1.165) is 17.3 Å². The summed E-state index contributed by atoms with van der Waals surface area (Å²) in [5.74, 6) is 1.98. The fourth-order valence-electron chi connectivity index (χ4n) is 3.46. The van der Waals surface area contributed by atoms with Gasteiger partial charge >= 0.3 is 5.69 Å². The number of nitrogens with zero attached hydrogens (tertiary/aromatic N) is 2. The molecule has 108 valence electrons. The number of hydrogen-bond acceptors (Lipinski definition) is 3. The minimum Gasteiger partial charge on any atom is -0.266 e. The van der Waals surface area contributed by atoms with Crippen LogP contribution in [0.5, 0.6) is 0 Å². The van der Waals surface area contributed by atoms with Crippen LogP contribution in [0.3, 0.4) is 0 Å². The molecule has 0 radical (unpaired) electrons. The predicted octanol–water partition coefficient (Wildman–Crippen LogP) is 3.00. The number of H-pyrrole nitrogens is 1. The van der Waals surface area contributed by atoms with Gasteiger partial charge in [0.25, 0.3) is 0 Å². The van der Waals surface area contributed by atoms with E-state index in [9.17, 15) is 4.79 Å². The minimum absolute atomic E-state index is 0.0727. The molecule has 1 aromatic carbocycles. The van der Waals surface area contributed by atoms with Crippen molar-refractivity contribution < 1.29 is 0 Å². The van der Waals surface area contributed by atoms with Gasteiger partial charge in [-0.2, -0.15) is 0 Å². The first-order valence-electron chi connectivity index (χ1n) is 7.33. The molecule has 4 rings (SSSR count). The van der Waals surface area contributed by atoms with Gasteiger partial charge in [0.05, 0.1) is 0 Å². The highest BCUT2D eigenvalue weighted by molar-refractivity contribution is 7.98. The van der Waals surface area contributed by atoms with E-state index in [1.165, 1.54) is 12.0 Å². The number of allylic oxidation sites excluding steroid dienone is 2. The summed E-state index contributed by atoms with van der Waals surface area (Å²) >= 11 is 1.63. The van der Waals surface area contributed by atoms with Gasteiger partial charge in [0.2, 0.25) is 0 Å². The molecule has 1 fully saturated rings. The summed E-state index contributed by atoms with van der Waals surface area (Å²) in [7, 11) is 0. The first-order chi connectivity index (χ1) is 10.3. The molecule has 3 atom stereocenters. The van der Waals surface area contributed by atoms with Gasteiger partial charge in [0, 0.05) is 11.8 Å². The molecule has 1 saturated carbocycles. The summed E-state index contributed by atoms with van der Waals surface area (Å²) in [6, 6.07) is 10.6. The topological polar surface area (TPSA) is 50.7 Å². The number of hydrogen-bond donors (Lipinski definition) is 1. The van der Waals surface area contributed by atoms with E-state index in [1.54, 1.807) is 11.8 Å². The molecule has 0 unspecified atom stereocenters. The molecule has 0 amide bonds. The second-order valence-electron chi connectivity index (χ2n) is 5.80. The Morgan fingerprint density at radius 1 is 1.24 bits per heavy atom. The Labute approximate surface area is 127 Å². The highest BCUT2D eigenvalue weighted by Gasteiger charge is 2.38. The van der Waals surface area contributed by atoms with E-state index in [4.69, 9.17) is 0 Å². The van der Waals surface area contributed by atoms with Crippen LogP contribution in [0, 0.1) is 11.8 Å². The number of benzene rings is 1. The van der Waals surface area contributed by atoms with Crippen molar-refractivity contribution in [3.63, 3.8) is 0 Å². The molecule has 0 spiro atoms. The molecule has 21 heavy (non-hydrogen) atoms. The third kappa shape index (κ3) is 2.35. The predicted molar refractivity (Wildman–Crippen MR) is 83.2 cm³/mol. The quantitative estimate of drug-likeness (QED) is 0.697. The Bertz CT molecular complexity index is 719. The van der Waals surface area contributed by atoms with Crippen molar-refractivity contribution in [2.24, 2.45) is 11.8 Å². The van der Waals surface area contributed by atoms with Crippen molar-refractivity contribution in [3.8, 4) is 0 Å². The van der Waals surface area contributed by atoms with Crippen LogP contribution in [-0.4, -0.2) is 14.8 Å². The van der Waals surface area contributed by atoms with E-state index in [2.05, 4.69) is 34.5 Å². The lowest BCUT2D eigenvalue weighted by molar-refractivity contribution is 0.396. The minimum atomic E-state index is -0.0727. The zero-order valence-electron chi connectivity index (χ0n) is 11.6. The normalized spacial score (nSPS) is 26.6. The van der Waals surface area contributed by atoms with E-state index >= 15 is 0 Å². The highest BCUT2D eigenvalue weighted by Crippen LogP contribution is 2.46. The number of rotatable bonds is 4. The SMILES string of the molecule is O=c1[nH]nc(SCc2ccccc2)n1[C@@H]1C[C@H]2C=C[C@H]1C2. The second-order valence-corrected chi connectivity index (χ2v) is 6.75. The first-order valence-corrected chi connectivity index (χ1v) is 8.32. The molecule has 1 aromatic heterocycles. The van der Waals surface area contributed by atoms with E-state index in [-0.39, 0.29) is 11.7 Å². The van der Waals surface area contributed by atoms with Crippen LogP contribution in [0.4, 0.5) is 0 Å². The van der Waals surface area contributed by atoms with Crippen molar-refractivity contribution in [2.45, 2.75) is 29.8 Å². The van der Waals surface area contributed by atoms with Gasteiger partial charge in [-0.25, -0.2) is 9.89 Å². The zero-order chi connectivity index (χ0) is 14.2. The number of thioether (sulfide) groups is 1. The van der Waals surface area contributed by atoms with Crippen LogP contribution in [0.2, 0.25) is 0 Å². The average molecular weight is 299 g/mol. The van der Waals surface area contributed by atoms with Gasteiger partial charge in [-0.05, 0) is 30.2 Å². The van der Waals surface area contributed by atoms with E-state index < -0.39 is 0 Å². The molecule has 5 heteroatoms. The van der Waals surface area contributed by atoms with Crippen LogP contribution >= 0.6 is 11.8 Å². The fraction of sp³-hybridized carbons (Fsp3) is 0.375. The molecular weight excluding hydrogens is 282 g/mol. The summed E-state index contributed by atoms with van der Waals surface area (Å²) in [5.41, 5.74) is 1.17. The Morgan fingerprint density at radius 2 is 2.10 bits per heavy atom. The fourth-order valence-corrected chi connectivity index (χ4v) is 4.41. The molecule has 2 aliphatic rings. The van der Waals surface area contributed by atoms with Crippen LogP contribution in [-0.2, 0) is 5.75 Å². The Balaban J connectivity index is 1.57. The van der Waals surface area contributed by atoms with E-state index in [0.29, 0.717) is 11.8 Å². The van der Waals surface area contributed by atoms with Crippen LogP contribution in [0.25, 0.3) is 0 Å². The average Bonchev–Trinajstić information content (AvgIpc) is 3.21. The molecule has 2 aliphatic carbocycles. The van der Waals surface area contributed by atoms with Gasteiger partial charge in [-0.1, -0.05) is 54.2 Å². The van der Waals surface area contributed by atoms with Crippen molar-refractivity contribution in [3.05, 3.63) is 58.5 Å². The van der Waals surface area contributed by atoms with Crippen LogP contribution < -0.4 is 5.69 Å². The first kappa shape index (κ1) is 13.0. The Kier molecular flexibility index (Phi) is 3.22. The summed E-state index contributed by atoms with van der Waals surface area (Å²) in [4.78, 5) is 12.1. The third-order valence-corrected chi connectivity index (χ3v) is 5.48. The molecule has 1 N–H and O–H groups in total. The highest BCUT2D eigenvalue weighted by atomic mass is 32.2. The maximum atomic E-state index is 12.1. The smallest absolute Gasteiger partial charge is 0.266 e. The number of aromatic amines is 1. The van der Waals surface area contributed by atoms with Gasteiger partial charge in [-0.15, -0.1) is 5.10 Å². The van der Waals surface area contributed by atoms with Crippen molar-refractivity contribution >= 4 is 11.8 Å². The van der Waals surface area contributed by atoms with Gasteiger partial charge in [-0.3, -0.25) is 4.57 Å². The summed E-state index contributed by atoms with van der Waals surface area (Å²) in [6.07, 6.45) is 6.82. The molecule has 0 aliphatic heterocycles. The van der Waals surface area contributed by atoms with Gasteiger partial charge in [0.15, 0.2) is 5.16 Å². The second kappa shape index (κ2) is 5.22. The van der Waals surface area contributed by atoms with Crippen molar-refractivity contribution in [2.75, 3.05) is 0 Å².